The Morgan fingerprint density at radius 2 is 1.77 bits per heavy atom. The summed E-state index contributed by atoms with van der Waals surface area (Å²) in [7, 11) is -1.74. The van der Waals surface area contributed by atoms with E-state index >= 15 is 0 Å². The summed E-state index contributed by atoms with van der Waals surface area (Å²) < 4.78 is 65.9. The summed E-state index contributed by atoms with van der Waals surface area (Å²) in [4.78, 5) is 12.4. The van der Waals surface area contributed by atoms with Gasteiger partial charge in [-0.1, -0.05) is 0 Å². The first-order valence-electron chi connectivity index (χ1n) is 8.51. The van der Waals surface area contributed by atoms with Gasteiger partial charge in [-0.25, -0.2) is 4.39 Å². The lowest BCUT2D eigenvalue weighted by Crippen LogP contribution is -2.42. The SMILES string of the molecule is CC1(C)OB(C(F)=C(CN2CCCC(C(=O)O)C2)C(F)(F)F)OC1(C)C. The van der Waals surface area contributed by atoms with Crippen molar-refractivity contribution in [3.05, 3.63) is 11.3 Å². The highest BCUT2D eigenvalue weighted by atomic mass is 19.4. The Bertz CT molecular complexity index is 575. The van der Waals surface area contributed by atoms with Gasteiger partial charge in [-0.2, -0.15) is 13.2 Å². The lowest BCUT2D eigenvalue weighted by molar-refractivity contribution is -0.143. The molecule has 0 radical (unpaired) electrons. The fraction of sp³-hybridized carbons (Fsp3) is 0.812. The van der Waals surface area contributed by atoms with E-state index in [1.165, 1.54) is 4.90 Å². The van der Waals surface area contributed by atoms with Crippen molar-refractivity contribution in [1.82, 2.24) is 4.90 Å². The molecule has 26 heavy (non-hydrogen) atoms. The van der Waals surface area contributed by atoms with Crippen molar-refractivity contribution in [3.8, 4) is 0 Å². The van der Waals surface area contributed by atoms with Gasteiger partial charge >= 0.3 is 19.3 Å². The molecule has 0 bridgehead atoms. The van der Waals surface area contributed by atoms with E-state index in [1.54, 1.807) is 27.7 Å². The monoisotopic (exact) mass is 381 g/mol. The predicted octanol–water partition coefficient (Wildman–Crippen LogP) is 3.20. The number of nitrogens with zero attached hydrogens (tertiary/aromatic N) is 1. The molecule has 10 heteroatoms. The summed E-state index contributed by atoms with van der Waals surface area (Å²) in [6.07, 6.45) is -4.07. The van der Waals surface area contributed by atoms with Crippen LogP contribution in [0.3, 0.4) is 0 Å². The molecule has 0 aromatic heterocycles. The van der Waals surface area contributed by atoms with E-state index in [-0.39, 0.29) is 13.1 Å². The number of hydrogen-bond acceptors (Lipinski definition) is 4. The number of alkyl halides is 3. The molecule has 2 heterocycles. The zero-order chi connectivity index (χ0) is 19.9. The molecule has 0 amide bonds. The minimum Gasteiger partial charge on any atom is -0.481 e. The van der Waals surface area contributed by atoms with E-state index in [4.69, 9.17) is 14.4 Å². The van der Waals surface area contributed by atoms with Crippen LogP contribution in [0, 0.1) is 5.92 Å². The number of rotatable bonds is 4. The number of carbonyl (C=O) groups is 1. The van der Waals surface area contributed by atoms with Crippen LogP contribution in [0.25, 0.3) is 0 Å². The van der Waals surface area contributed by atoms with Gasteiger partial charge in [0.25, 0.3) is 0 Å². The topological polar surface area (TPSA) is 59.0 Å². The average Bonchev–Trinajstić information content (AvgIpc) is 2.71. The van der Waals surface area contributed by atoms with Crippen molar-refractivity contribution < 1.29 is 36.8 Å². The molecule has 0 aromatic rings. The lowest BCUT2D eigenvalue weighted by atomic mass is 9.84. The summed E-state index contributed by atoms with van der Waals surface area (Å²) in [5, 5.41) is 9.07. The molecule has 148 valence electrons. The van der Waals surface area contributed by atoms with Gasteiger partial charge in [0.2, 0.25) is 0 Å². The second-order valence-corrected chi connectivity index (χ2v) is 7.83. The minimum atomic E-state index is -4.91. The minimum absolute atomic E-state index is 0.0500. The molecule has 0 saturated carbocycles. The maximum Gasteiger partial charge on any atom is 0.525 e. The molecule has 2 fully saturated rings. The number of likely N-dealkylation sites (tertiary alicyclic amines) is 1. The Kier molecular flexibility index (Phi) is 5.80. The Balaban J connectivity index is 2.24. The second kappa shape index (κ2) is 7.12. The summed E-state index contributed by atoms with van der Waals surface area (Å²) in [6.45, 7) is 5.98. The number of aliphatic carboxylic acids is 1. The quantitative estimate of drug-likeness (QED) is 0.599. The summed E-state index contributed by atoms with van der Waals surface area (Å²) in [6, 6.07) is 0. The van der Waals surface area contributed by atoms with Crippen LogP contribution in [0.2, 0.25) is 0 Å². The smallest absolute Gasteiger partial charge is 0.481 e. The van der Waals surface area contributed by atoms with Gasteiger partial charge in [-0.05, 0) is 47.1 Å². The number of hydrogen-bond donors (Lipinski definition) is 1. The highest BCUT2D eigenvalue weighted by molar-refractivity contribution is 6.53. The molecule has 0 spiro atoms. The van der Waals surface area contributed by atoms with E-state index in [9.17, 15) is 22.4 Å². The average molecular weight is 381 g/mol. The normalized spacial score (nSPS) is 27.4. The number of piperidine rings is 1. The third-order valence-corrected chi connectivity index (χ3v) is 5.33. The molecule has 2 rings (SSSR count). The van der Waals surface area contributed by atoms with Crippen LogP contribution in [0.1, 0.15) is 40.5 Å². The maximum absolute atomic E-state index is 14.7. The largest absolute Gasteiger partial charge is 0.525 e. The first kappa shape index (κ1) is 21.2. The number of carboxylic acids is 1. The second-order valence-electron chi connectivity index (χ2n) is 7.83. The van der Waals surface area contributed by atoms with Crippen molar-refractivity contribution in [1.29, 1.82) is 0 Å². The van der Waals surface area contributed by atoms with Gasteiger partial charge in [0, 0.05) is 13.1 Å². The summed E-state index contributed by atoms with van der Waals surface area (Å²) in [5.74, 6) is -1.81. The third-order valence-electron chi connectivity index (χ3n) is 5.33. The van der Waals surface area contributed by atoms with Crippen molar-refractivity contribution >= 4 is 13.1 Å². The van der Waals surface area contributed by atoms with Crippen molar-refractivity contribution in [3.63, 3.8) is 0 Å². The molecular weight excluding hydrogens is 357 g/mol. The Morgan fingerprint density at radius 3 is 2.23 bits per heavy atom. The van der Waals surface area contributed by atoms with E-state index in [2.05, 4.69) is 0 Å². The zero-order valence-corrected chi connectivity index (χ0v) is 15.3. The molecule has 2 aliphatic rings. The summed E-state index contributed by atoms with van der Waals surface area (Å²) in [5.41, 5.74) is -4.83. The molecule has 2 aliphatic heterocycles. The molecule has 2 saturated heterocycles. The van der Waals surface area contributed by atoms with Crippen LogP contribution in [0.4, 0.5) is 17.6 Å². The standard InChI is InChI=1S/C16H24BF4NO4/c1-14(2)15(3,4)26-17(25-14)12(18)11(16(19,20)21)9-22-7-5-6-10(8-22)13(23)24/h10H,5-9H2,1-4H3,(H,23,24). The molecule has 5 nitrogen and oxygen atoms in total. The fourth-order valence-corrected chi connectivity index (χ4v) is 3.01. The molecular formula is C16H24BF4NO4. The third kappa shape index (κ3) is 4.40. The fourth-order valence-electron chi connectivity index (χ4n) is 3.01. The van der Waals surface area contributed by atoms with E-state index in [0.717, 1.165) is 0 Å². The maximum atomic E-state index is 14.7. The van der Waals surface area contributed by atoms with E-state index in [0.29, 0.717) is 12.8 Å². The van der Waals surface area contributed by atoms with Crippen molar-refractivity contribution in [2.45, 2.75) is 57.9 Å². The molecule has 1 atom stereocenters. The van der Waals surface area contributed by atoms with Crippen LogP contribution in [0.15, 0.2) is 11.3 Å². The number of halogens is 4. The molecule has 0 aromatic carbocycles. The highest BCUT2D eigenvalue weighted by Gasteiger charge is 2.55. The van der Waals surface area contributed by atoms with Gasteiger partial charge in [-0.3, -0.25) is 9.69 Å². The lowest BCUT2D eigenvalue weighted by Gasteiger charge is -2.32. The molecule has 1 unspecified atom stereocenters. The Hall–Kier alpha value is -1.13. The Morgan fingerprint density at radius 1 is 1.23 bits per heavy atom. The first-order chi connectivity index (χ1) is 11.7. The highest BCUT2D eigenvalue weighted by Crippen LogP contribution is 2.41. The van der Waals surface area contributed by atoms with Crippen LogP contribution < -0.4 is 0 Å². The predicted molar refractivity (Wildman–Crippen MR) is 87.1 cm³/mol. The zero-order valence-electron chi connectivity index (χ0n) is 15.3. The first-order valence-corrected chi connectivity index (χ1v) is 8.51. The van der Waals surface area contributed by atoms with E-state index in [1.807, 2.05) is 0 Å². The van der Waals surface area contributed by atoms with Crippen molar-refractivity contribution in [2.75, 3.05) is 19.6 Å². The van der Waals surface area contributed by atoms with Crippen molar-refractivity contribution in [2.24, 2.45) is 5.92 Å². The van der Waals surface area contributed by atoms with Gasteiger partial charge in [0.1, 0.15) is 5.73 Å². The van der Waals surface area contributed by atoms with E-state index < -0.39 is 54.2 Å². The van der Waals surface area contributed by atoms with Crippen LogP contribution in [-0.2, 0) is 14.1 Å². The summed E-state index contributed by atoms with van der Waals surface area (Å²) >= 11 is 0. The molecule has 0 aliphatic carbocycles. The van der Waals surface area contributed by atoms with Gasteiger partial charge in [-0.15, -0.1) is 0 Å². The van der Waals surface area contributed by atoms with Gasteiger partial charge in [0.15, 0.2) is 0 Å². The van der Waals surface area contributed by atoms with Crippen LogP contribution in [0.5, 0.6) is 0 Å². The number of carboxylic acid groups (broad SMARTS) is 1. The Labute approximate surface area is 150 Å². The van der Waals surface area contributed by atoms with Crippen LogP contribution >= 0.6 is 0 Å². The van der Waals surface area contributed by atoms with Crippen LogP contribution in [-0.4, -0.2) is 60.1 Å². The van der Waals surface area contributed by atoms with Gasteiger partial charge < -0.3 is 14.4 Å². The molecule has 1 N–H and O–H groups in total. The van der Waals surface area contributed by atoms with Gasteiger partial charge in [0.05, 0.1) is 22.7 Å².